The summed E-state index contributed by atoms with van der Waals surface area (Å²) < 4.78 is 46.2. The highest BCUT2D eigenvalue weighted by atomic mass is 19.4. The van der Waals surface area contributed by atoms with Gasteiger partial charge in [0, 0.05) is 31.3 Å². The summed E-state index contributed by atoms with van der Waals surface area (Å²) in [6, 6.07) is 3.24. The van der Waals surface area contributed by atoms with E-state index in [0.29, 0.717) is 32.0 Å². The monoisotopic (exact) mass is 391 g/mol. The van der Waals surface area contributed by atoms with Gasteiger partial charge in [-0.25, -0.2) is 0 Å². The predicted octanol–water partition coefficient (Wildman–Crippen LogP) is 2.13. The lowest BCUT2D eigenvalue weighted by atomic mass is 10.1. The summed E-state index contributed by atoms with van der Waals surface area (Å²) in [6.07, 6.45) is -4.45. The Labute approximate surface area is 153 Å². The van der Waals surface area contributed by atoms with Crippen LogP contribution < -0.4 is 10.2 Å². The summed E-state index contributed by atoms with van der Waals surface area (Å²) in [4.78, 5) is 24.9. The first-order valence-electron chi connectivity index (χ1n) is 8.24. The van der Waals surface area contributed by atoms with Crippen molar-refractivity contribution in [1.82, 2.24) is 5.32 Å². The fraction of sp³-hybridized carbons (Fsp3) is 0.562. The largest absolute Gasteiger partial charge is 0.411 e. The SMILES string of the molecule is CC(COCC(F)(F)F)NC(=O)c1cc([N+](=O)[O-])ccc1N1CCOCC1. The van der Waals surface area contributed by atoms with Gasteiger partial charge in [-0.05, 0) is 13.0 Å². The lowest BCUT2D eigenvalue weighted by Crippen LogP contribution is -2.40. The van der Waals surface area contributed by atoms with Gasteiger partial charge in [0.2, 0.25) is 0 Å². The first kappa shape index (κ1) is 20.9. The zero-order valence-electron chi connectivity index (χ0n) is 14.6. The van der Waals surface area contributed by atoms with Crippen molar-refractivity contribution in [3.8, 4) is 0 Å². The fourth-order valence-electron chi connectivity index (χ4n) is 2.59. The van der Waals surface area contributed by atoms with E-state index in [1.807, 2.05) is 4.90 Å². The summed E-state index contributed by atoms with van der Waals surface area (Å²) >= 11 is 0. The maximum atomic E-state index is 12.6. The number of rotatable bonds is 7. The van der Waals surface area contributed by atoms with Gasteiger partial charge in [-0.1, -0.05) is 0 Å². The van der Waals surface area contributed by atoms with Crippen molar-refractivity contribution >= 4 is 17.3 Å². The van der Waals surface area contributed by atoms with Gasteiger partial charge in [0.05, 0.1) is 36.0 Å². The molecule has 150 valence electrons. The fourth-order valence-corrected chi connectivity index (χ4v) is 2.59. The summed E-state index contributed by atoms with van der Waals surface area (Å²) in [6.45, 7) is 1.68. The Morgan fingerprint density at radius 2 is 2.07 bits per heavy atom. The number of amides is 1. The highest BCUT2D eigenvalue weighted by Gasteiger charge is 2.28. The van der Waals surface area contributed by atoms with Crippen LogP contribution >= 0.6 is 0 Å². The number of alkyl halides is 3. The molecule has 0 spiro atoms. The molecule has 1 fully saturated rings. The molecule has 1 unspecified atom stereocenters. The van der Waals surface area contributed by atoms with Gasteiger partial charge in [-0.15, -0.1) is 0 Å². The Morgan fingerprint density at radius 3 is 2.67 bits per heavy atom. The number of nitro groups is 1. The van der Waals surface area contributed by atoms with E-state index in [1.165, 1.54) is 19.1 Å². The van der Waals surface area contributed by atoms with Crippen molar-refractivity contribution in [1.29, 1.82) is 0 Å². The van der Waals surface area contributed by atoms with E-state index in [1.54, 1.807) is 0 Å². The quantitative estimate of drug-likeness (QED) is 0.565. The molecular weight excluding hydrogens is 371 g/mol. The first-order valence-corrected chi connectivity index (χ1v) is 8.24. The average molecular weight is 391 g/mol. The van der Waals surface area contributed by atoms with Crippen molar-refractivity contribution in [2.24, 2.45) is 0 Å². The van der Waals surface area contributed by atoms with E-state index in [9.17, 15) is 28.1 Å². The normalized spacial score (nSPS) is 16.1. The molecule has 1 heterocycles. The highest BCUT2D eigenvalue weighted by Crippen LogP contribution is 2.26. The van der Waals surface area contributed by atoms with Crippen LogP contribution in [0.2, 0.25) is 0 Å². The van der Waals surface area contributed by atoms with Crippen LogP contribution in [0.3, 0.4) is 0 Å². The number of nitrogens with one attached hydrogen (secondary N) is 1. The Balaban J connectivity index is 2.12. The Morgan fingerprint density at radius 1 is 1.41 bits per heavy atom. The number of morpholine rings is 1. The number of carbonyl (C=O) groups is 1. The topological polar surface area (TPSA) is 93.9 Å². The molecule has 2 rings (SSSR count). The lowest BCUT2D eigenvalue weighted by molar-refractivity contribution is -0.384. The minimum Gasteiger partial charge on any atom is -0.378 e. The molecule has 0 saturated carbocycles. The van der Waals surface area contributed by atoms with Gasteiger partial charge in [0.1, 0.15) is 6.61 Å². The van der Waals surface area contributed by atoms with Crippen molar-refractivity contribution in [3.63, 3.8) is 0 Å². The number of nitrogens with zero attached hydrogens (tertiary/aromatic N) is 2. The number of anilines is 1. The van der Waals surface area contributed by atoms with Crippen molar-refractivity contribution in [3.05, 3.63) is 33.9 Å². The summed E-state index contributed by atoms with van der Waals surface area (Å²) in [5, 5.41) is 13.6. The smallest absolute Gasteiger partial charge is 0.378 e. The van der Waals surface area contributed by atoms with Crippen LogP contribution in [-0.4, -0.2) is 62.6 Å². The van der Waals surface area contributed by atoms with Crippen LogP contribution in [0.25, 0.3) is 0 Å². The standard InChI is InChI=1S/C16H20F3N3O5/c1-11(9-27-10-16(17,18)19)20-15(23)13-8-12(22(24)25)2-3-14(13)21-4-6-26-7-5-21/h2-3,8,11H,4-7,9-10H2,1H3,(H,20,23). The van der Waals surface area contributed by atoms with Crippen molar-refractivity contribution in [2.75, 3.05) is 44.4 Å². The molecule has 0 bridgehead atoms. The molecule has 0 aliphatic carbocycles. The Kier molecular flexibility index (Phi) is 6.97. The number of carbonyl (C=O) groups excluding carboxylic acids is 1. The number of ether oxygens (including phenoxy) is 2. The lowest BCUT2D eigenvalue weighted by Gasteiger charge is -2.30. The second kappa shape index (κ2) is 9.00. The van der Waals surface area contributed by atoms with E-state index < -0.39 is 29.7 Å². The maximum Gasteiger partial charge on any atom is 0.411 e. The van der Waals surface area contributed by atoms with Crippen LogP contribution in [0.1, 0.15) is 17.3 Å². The minimum absolute atomic E-state index is 0.0776. The molecule has 1 N–H and O–H groups in total. The van der Waals surface area contributed by atoms with Gasteiger partial charge in [-0.2, -0.15) is 13.2 Å². The maximum absolute atomic E-state index is 12.6. The molecular formula is C16H20F3N3O5. The van der Waals surface area contributed by atoms with E-state index in [4.69, 9.17) is 4.74 Å². The third-order valence-corrected chi connectivity index (χ3v) is 3.80. The molecule has 1 aromatic rings. The number of halogens is 3. The first-order chi connectivity index (χ1) is 12.7. The molecule has 1 aliphatic rings. The minimum atomic E-state index is -4.45. The Bertz CT molecular complexity index is 678. The van der Waals surface area contributed by atoms with E-state index in [-0.39, 0.29) is 17.9 Å². The van der Waals surface area contributed by atoms with E-state index >= 15 is 0 Å². The number of nitro benzene ring substituents is 1. The molecule has 1 amide bonds. The van der Waals surface area contributed by atoms with Gasteiger partial charge >= 0.3 is 6.18 Å². The Hall–Kier alpha value is -2.40. The van der Waals surface area contributed by atoms with Crippen LogP contribution in [0.15, 0.2) is 18.2 Å². The van der Waals surface area contributed by atoms with E-state index in [2.05, 4.69) is 10.1 Å². The molecule has 1 saturated heterocycles. The predicted molar refractivity (Wildman–Crippen MR) is 89.9 cm³/mol. The zero-order chi connectivity index (χ0) is 20.0. The molecule has 8 nitrogen and oxygen atoms in total. The van der Waals surface area contributed by atoms with Gasteiger partial charge in [-0.3, -0.25) is 14.9 Å². The zero-order valence-corrected chi connectivity index (χ0v) is 14.6. The van der Waals surface area contributed by atoms with Crippen molar-refractivity contribution in [2.45, 2.75) is 19.1 Å². The molecule has 27 heavy (non-hydrogen) atoms. The van der Waals surface area contributed by atoms with E-state index in [0.717, 1.165) is 6.07 Å². The van der Waals surface area contributed by atoms with Crippen LogP contribution in [-0.2, 0) is 9.47 Å². The second-order valence-corrected chi connectivity index (χ2v) is 6.06. The van der Waals surface area contributed by atoms with Gasteiger partial charge in [0.15, 0.2) is 0 Å². The summed E-state index contributed by atoms with van der Waals surface area (Å²) in [7, 11) is 0. The second-order valence-electron chi connectivity index (χ2n) is 6.06. The average Bonchev–Trinajstić information content (AvgIpc) is 2.60. The number of hydrogen-bond acceptors (Lipinski definition) is 6. The molecule has 1 aromatic carbocycles. The summed E-state index contributed by atoms with van der Waals surface area (Å²) in [5.41, 5.74) is 0.330. The van der Waals surface area contributed by atoms with Crippen LogP contribution in [0, 0.1) is 10.1 Å². The number of benzene rings is 1. The van der Waals surface area contributed by atoms with Gasteiger partial charge in [0.25, 0.3) is 11.6 Å². The molecule has 1 aliphatic heterocycles. The third kappa shape index (κ3) is 6.36. The van der Waals surface area contributed by atoms with Crippen LogP contribution in [0.5, 0.6) is 0 Å². The number of non-ortho nitro benzene ring substituents is 1. The molecule has 1 atom stereocenters. The highest BCUT2D eigenvalue weighted by molar-refractivity contribution is 6.00. The molecule has 0 aromatic heterocycles. The molecule has 0 radical (unpaired) electrons. The van der Waals surface area contributed by atoms with Gasteiger partial charge < -0.3 is 19.7 Å². The molecule has 11 heteroatoms. The number of hydrogen-bond donors (Lipinski definition) is 1. The summed E-state index contributed by atoms with van der Waals surface area (Å²) in [5.74, 6) is -0.622. The third-order valence-electron chi connectivity index (χ3n) is 3.80. The van der Waals surface area contributed by atoms with Crippen molar-refractivity contribution < 1.29 is 32.4 Å². The van der Waals surface area contributed by atoms with Crippen LogP contribution in [0.4, 0.5) is 24.5 Å².